The summed E-state index contributed by atoms with van der Waals surface area (Å²) in [5.74, 6) is 0. The van der Waals surface area contributed by atoms with Crippen LogP contribution in [0.3, 0.4) is 0 Å². The molecular weight excluding hydrogens is 204 g/mol. The van der Waals surface area contributed by atoms with E-state index >= 15 is 0 Å². The molecule has 0 radical (unpaired) electrons. The van der Waals surface area contributed by atoms with Crippen molar-refractivity contribution >= 4 is 26.6 Å². The molecule has 0 aliphatic heterocycles. The molecule has 0 spiro atoms. The molecule has 8 heteroatoms. The van der Waals surface area contributed by atoms with Gasteiger partial charge < -0.3 is 9.11 Å². The summed E-state index contributed by atoms with van der Waals surface area (Å²) in [5.41, 5.74) is 0. The summed E-state index contributed by atoms with van der Waals surface area (Å²) in [6, 6.07) is 0. The van der Waals surface area contributed by atoms with Crippen molar-refractivity contribution in [1.82, 2.24) is 0 Å². The number of rotatable bonds is 0. The first-order valence-electron chi connectivity index (χ1n) is 0.955. The van der Waals surface area contributed by atoms with Crippen LogP contribution in [-0.2, 0) is 33.7 Å². The fraction of sp³-hybridized carbons (Fsp3) is 0. The van der Waals surface area contributed by atoms with Crippen LogP contribution in [0.5, 0.6) is 0 Å². The summed E-state index contributed by atoms with van der Waals surface area (Å²) in [6.07, 6.45) is 0. The van der Waals surface area contributed by atoms with Gasteiger partial charge in [0, 0.05) is 10.4 Å². The van der Waals surface area contributed by atoms with Crippen LogP contribution in [0.2, 0.25) is 0 Å². The first-order valence-corrected chi connectivity index (χ1v) is 2.87. The predicted octanol–water partition coefficient (Wildman–Crippen LogP) is -2.11. The predicted molar refractivity (Wildman–Crippen MR) is 18.3 cm³/mol. The zero-order valence-electron chi connectivity index (χ0n) is 3.86. The average Bonchev–Trinajstić information content (AvgIpc) is 1.36. The molecule has 0 aromatic rings. The van der Waals surface area contributed by atoms with Crippen molar-refractivity contribution in [3.05, 3.63) is 0 Å². The van der Waals surface area contributed by atoms with Crippen molar-refractivity contribution in [3.63, 3.8) is 0 Å². The van der Waals surface area contributed by atoms with Gasteiger partial charge in [-0.1, -0.05) is 0 Å². The van der Waals surface area contributed by atoms with E-state index in [2.05, 4.69) is 0 Å². The van der Waals surface area contributed by atoms with Crippen LogP contribution in [0.15, 0.2) is 0 Å². The molecule has 0 bridgehead atoms. The summed E-state index contributed by atoms with van der Waals surface area (Å²) < 4.78 is 42.4. The Labute approximate surface area is 67.4 Å². The SMILES string of the molecule is O=S(=O)([O-])[O-].[O]=[AlH].[Zn+2]. The molecule has 0 aromatic heterocycles. The van der Waals surface area contributed by atoms with Gasteiger partial charge in [-0.3, -0.25) is 8.42 Å². The quantitative estimate of drug-likeness (QED) is 0.256. The summed E-state index contributed by atoms with van der Waals surface area (Å²) in [5, 5.41) is 0. The van der Waals surface area contributed by atoms with Gasteiger partial charge in [0.2, 0.25) is 0 Å². The number of hydrogen-bond donors (Lipinski definition) is 0. The summed E-state index contributed by atoms with van der Waals surface area (Å²) in [7, 11) is -5.17. The fourth-order valence-corrected chi connectivity index (χ4v) is 0. The maximum atomic E-state index is 8.52. The van der Waals surface area contributed by atoms with E-state index in [1.807, 2.05) is 0 Å². The monoisotopic (exact) mass is 204 g/mol. The normalized spacial score (nSPS) is 7.62. The second-order valence-corrected chi connectivity index (χ2v) is 1.22. The first kappa shape index (κ1) is 15.9. The van der Waals surface area contributed by atoms with E-state index in [-0.39, 0.29) is 19.5 Å². The molecule has 0 fully saturated rings. The van der Waals surface area contributed by atoms with Crippen molar-refractivity contribution < 1.29 is 40.8 Å². The van der Waals surface area contributed by atoms with Gasteiger partial charge in [-0.15, -0.1) is 0 Å². The van der Waals surface area contributed by atoms with Crippen LogP contribution in [-0.4, -0.2) is 33.7 Å². The molecule has 42 valence electrons. The van der Waals surface area contributed by atoms with E-state index in [4.69, 9.17) is 21.3 Å². The third kappa shape index (κ3) is 340. The molecule has 8 heavy (non-hydrogen) atoms. The van der Waals surface area contributed by atoms with Gasteiger partial charge in [-0.2, -0.15) is 0 Å². The van der Waals surface area contributed by atoms with Gasteiger partial charge in [-0.05, 0) is 0 Å². The molecule has 0 heterocycles. The Morgan fingerprint density at radius 1 is 1.12 bits per heavy atom. The van der Waals surface area contributed by atoms with E-state index in [1.165, 1.54) is 0 Å². The molecule has 0 amide bonds. The van der Waals surface area contributed by atoms with E-state index in [0.717, 1.165) is 0 Å². The van der Waals surface area contributed by atoms with E-state index < -0.39 is 10.4 Å². The van der Waals surface area contributed by atoms with Crippen molar-refractivity contribution in [2.45, 2.75) is 0 Å². The molecule has 0 aliphatic rings. The van der Waals surface area contributed by atoms with Crippen molar-refractivity contribution in [3.8, 4) is 0 Å². The maximum absolute atomic E-state index is 8.52. The van der Waals surface area contributed by atoms with Gasteiger partial charge in [0.15, 0.2) is 0 Å². The van der Waals surface area contributed by atoms with E-state index in [1.54, 1.807) is 0 Å². The zero-order chi connectivity index (χ0) is 6.50. The Kier molecular flexibility index (Phi) is 15.6. The minimum absolute atomic E-state index is 0. The minimum Gasteiger partial charge on any atom is 2.00 e. The topological polar surface area (TPSA) is 97.3 Å². The average molecular weight is 205 g/mol. The van der Waals surface area contributed by atoms with Crippen molar-refractivity contribution in [1.29, 1.82) is 0 Å². The number of hydrogen-bond acceptors (Lipinski definition) is 5. The molecule has 0 aromatic carbocycles. The van der Waals surface area contributed by atoms with Crippen LogP contribution in [0.1, 0.15) is 0 Å². The Balaban J connectivity index is -0.0000000750. The minimum atomic E-state index is -5.17. The molecule has 0 aliphatic carbocycles. The van der Waals surface area contributed by atoms with Crippen LogP contribution in [0, 0.1) is 0 Å². The second kappa shape index (κ2) is 7.83. The van der Waals surface area contributed by atoms with Crippen LogP contribution in [0.4, 0.5) is 0 Å². The van der Waals surface area contributed by atoms with E-state index in [0.29, 0.717) is 16.2 Å². The molecule has 5 nitrogen and oxygen atoms in total. The second-order valence-electron chi connectivity index (χ2n) is 0.408. The van der Waals surface area contributed by atoms with Crippen molar-refractivity contribution in [2.75, 3.05) is 0 Å². The van der Waals surface area contributed by atoms with Gasteiger partial charge in [0.1, 0.15) is 0 Å². The molecule has 0 saturated heterocycles. The Hall–Kier alpha value is 0.826. The van der Waals surface area contributed by atoms with Gasteiger partial charge in [0.05, 0.1) is 0 Å². The maximum Gasteiger partial charge on any atom is 2.00 e. The molecule has 0 N–H and O–H groups in total. The summed E-state index contributed by atoms with van der Waals surface area (Å²) in [6.45, 7) is 0. The summed E-state index contributed by atoms with van der Waals surface area (Å²) in [4.78, 5) is 0. The molecular formula is HAlO5SZn. The molecule has 0 unspecified atom stereocenters. The van der Waals surface area contributed by atoms with Crippen LogP contribution in [0.25, 0.3) is 0 Å². The zero-order valence-corrected chi connectivity index (χ0v) is 9.06. The fourth-order valence-electron chi connectivity index (χ4n) is 0. The Bertz CT molecular complexity index is 106. The molecule has 0 atom stereocenters. The van der Waals surface area contributed by atoms with Crippen LogP contribution >= 0.6 is 0 Å². The third-order valence-electron chi connectivity index (χ3n) is 0. The third-order valence-corrected chi connectivity index (χ3v) is 0. The van der Waals surface area contributed by atoms with Crippen LogP contribution < -0.4 is 0 Å². The van der Waals surface area contributed by atoms with Gasteiger partial charge in [0.25, 0.3) is 0 Å². The Morgan fingerprint density at radius 3 is 1.12 bits per heavy atom. The van der Waals surface area contributed by atoms with Gasteiger partial charge >= 0.3 is 39.5 Å². The summed E-state index contributed by atoms with van der Waals surface area (Å²) >= 11 is 0.611. The Morgan fingerprint density at radius 2 is 1.12 bits per heavy atom. The van der Waals surface area contributed by atoms with E-state index in [9.17, 15) is 0 Å². The standard InChI is InChI=1S/Al.H2O4S.O.Zn.H/c;1-5(2,3)4;;;/h;(H2,1,2,3,4);;;/q;;;+2;/p-2. The first-order chi connectivity index (χ1) is 3.00. The largest absolute Gasteiger partial charge is 2.00 e. The van der Waals surface area contributed by atoms with Crippen molar-refractivity contribution in [2.24, 2.45) is 0 Å². The molecule has 0 rings (SSSR count). The van der Waals surface area contributed by atoms with Gasteiger partial charge in [-0.25, -0.2) is 0 Å². The molecule has 0 saturated carbocycles. The smallest absolute Gasteiger partial charge is 2.00 e.